The summed E-state index contributed by atoms with van der Waals surface area (Å²) >= 11 is 0. The highest BCUT2D eigenvalue weighted by Crippen LogP contribution is 2.07. The maximum Gasteiger partial charge on any atom is 0.346 e. The van der Waals surface area contributed by atoms with Crippen molar-refractivity contribution < 1.29 is 8.78 Å². The molecule has 0 unspecified atom stereocenters. The maximum atomic E-state index is 12.5. The van der Waals surface area contributed by atoms with E-state index < -0.39 is 11.8 Å². The van der Waals surface area contributed by atoms with Crippen LogP contribution in [-0.4, -0.2) is 20.9 Å². The van der Waals surface area contributed by atoms with Gasteiger partial charge < -0.3 is 5.73 Å². The molecule has 0 aliphatic rings. The van der Waals surface area contributed by atoms with Crippen molar-refractivity contribution in [3.05, 3.63) is 65.4 Å². The average molecular weight is 282 g/mol. The lowest BCUT2D eigenvalue weighted by Crippen LogP contribution is -2.27. The van der Waals surface area contributed by atoms with Crippen molar-refractivity contribution >= 4 is 0 Å². The van der Waals surface area contributed by atoms with E-state index in [2.05, 4.69) is 18.3 Å². The summed E-state index contributed by atoms with van der Waals surface area (Å²) in [4.78, 5) is 12.0. The Balaban J connectivity index is 2.99. The van der Waals surface area contributed by atoms with Crippen LogP contribution in [0.2, 0.25) is 0 Å². The fourth-order valence-electron chi connectivity index (χ4n) is 1.50. The van der Waals surface area contributed by atoms with Crippen LogP contribution in [0.4, 0.5) is 8.78 Å². The fraction of sp³-hybridized carbons (Fsp3) is 0.231. The summed E-state index contributed by atoms with van der Waals surface area (Å²) in [5, 5.41) is 3.79. The Kier molecular flexibility index (Phi) is 5.79. The van der Waals surface area contributed by atoms with Gasteiger partial charge in [-0.2, -0.15) is 13.9 Å². The van der Waals surface area contributed by atoms with Gasteiger partial charge in [-0.3, -0.25) is 4.57 Å². The van der Waals surface area contributed by atoms with Gasteiger partial charge >= 0.3 is 5.69 Å². The summed E-state index contributed by atoms with van der Waals surface area (Å²) in [5.74, 6) is 0. The molecule has 0 saturated heterocycles. The molecule has 0 spiro atoms. The van der Waals surface area contributed by atoms with Crippen molar-refractivity contribution in [1.29, 1.82) is 0 Å². The van der Waals surface area contributed by atoms with Crippen LogP contribution < -0.4 is 11.4 Å². The fourth-order valence-corrected chi connectivity index (χ4v) is 1.50. The molecular weight excluding hydrogens is 266 g/mol. The van der Waals surface area contributed by atoms with Gasteiger partial charge in [0.1, 0.15) is 6.33 Å². The topological polar surface area (TPSA) is 65.8 Å². The quantitative estimate of drug-likeness (QED) is 0.770. The molecule has 7 heteroatoms. The molecule has 0 bridgehead atoms. The smallest absolute Gasteiger partial charge is 0.327 e. The van der Waals surface area contributed by atoms with Crippen molar-refractivity contribution in [3.8, 4) is 0 Å². The summed E-state index contributed by atoms with van der Waals surface area (Å²) in [5.41, 5.74) is 5.15. The van der Waals surface area contributed by atoms with Crippen molar-refractivity contribution in [2.75, 3.05) is 6.54 Å². The minimum Gasteiger partial charge on any atom is -0.327 e. The van der Waals surface area contributed by atoms with Gasteiger partial charge in [0.2, 0.25) is 0 Å². The van der Waals surface area contributed by atoms with Gasteiger partial charge in [0.05, 0.1) is 13.1 Å². The van der Waals surface area contributed by atoms with E-state index in [0.29, 0.717) is 0 Å². The summed E-state index contributed by atoms with van der Waals surface area (Å²) in [6, 6.07) is 0. The standard InChI is InChI=1S/C13H16F2N4O/c1-3-5-10(4-2)7-18-9-17-19(13(18)20)8-11(6-16)12(14)15/h3-5,9H,1-2,6-8,16H2/b10-5+. The number of aromatic nitrogens is 3. The number of halogens is 2. The van der Waals surface area contributed by atoms with Crippen molar-refractivity contribution in [3.63, 3.8) is 0 Å². The van der Waals surface area contributed by atoms with E-state index in [-0.39, 0.29) is 25.2 Å². The van der Waals surface area contributed by atoms with E-state index in [9.17, 15) is 13.6 Å². The molecule has 0 amide bonds. The SMILES string of the molecule is C=C/C=C(\C=C)Cn1cnn(CC(CN)=C(F)F)c1=O. The zero-order valence-corrected chi connectivity index (χ0v) is 10.9. The summed E-state index contributed by atoms with van der Waals surface area (Å²) in [6.45, 7) is 6.77. The van der Waals surface area contributed by atoms with E-state index in [4.69, 9.17) is 5.73 Å². The molecule has 1 heterocycles. The normalized spacial score (nSPS) is 11.2. The molecule has 0 aromatic carbocycles. The lowest BCUT2D eigenvalue weighted by Gasteiger charge is -2.03. The third-order valence-corrected chi connectivity index (χ3v) is 2.60. The Morgan fingerprint density at radius 2 is 2.10 bits per heavy atom. The van der Waals surface area contributed by atoms with Crippen LogP contribution in [-0.2, 0) is 13.1 Å². The van der Waals surface area contributed by atoms with E-state index in [1.54, 1.807) is 18.2 Å². The van der Waals surface area contributed by atoms with Gasteiger partial charge in [-0.15, -0.1) is 0 Å². The Bertz CT molecular complexity index is 582. The Morgan fingerprint density at radius 3 is 2.60 bits per heavy atom. The molecule has 108 valence electrons. The van der Waals surface area contributed by atoms with Crippen LogP contribution in [0.5, 0.6) is 0 Å². The zero-order chi connectivity index (χ0) is 15.1. The number of nitrogens with two attached hydrogens (primary N) is 1. The minimum atomic E-state index is -1.88. The van der Waals surface area contributed by atoms with Gasteiger partial charge in [-0.05, 0) is 5.57 Å². The molecule has 0 aliphatic carbocycles. The highest BCUT2D eigenvalue weighted by atomic mass is 19.3. The summed E-state index contributed by atoms with van der Waals surface area (Å²) in [7, 11) is 0. The predicted octanol–water partition coefficient (Wildman–Crippen LogP) is 1.45. The Morgan fingerprint density at radius 1 is 1.40 bits per heavy atom. The maximum absolute atomic E-state index is 12.5. The summed E-state index contributed by atoms with van der Waals surface area (Å²) in [6.07, 6.45) is 4.25. The van der Waals surface area contributed by atoms with Crippen LogP contribution in [0.1, 0.15) is 0 Å². The third kappa shape index (κ3) is 3.86. The van der Waals surface area contributed by atoms with Crippen LogP contribution in [0, 0.1) is 0 Å². The molecule has 0 aliphatic heterocycles. The summed E-state index contributed by atoms with van der Waals surface area (Å²) < 4.78 is 27.2. The van der Waals surface area contributed by atoms with Gasteiger partial charge in [0.25, 0.3) is 6.08 Å². The average Bonchev–Trinajstić information content (AvgIpc) is 2.76. The number of nitrogens with zero attached hydrogens (tertiary/aromatic N) is 3. The lowest BCUT2D eigenvalue weighted by atomic mass is 10.2. The predicted molar refractivity (Wildman–Crippen MR) is 73.3 cm³/mol. The van der Waals surface area contributed by atoms with E-state index in [0.717, 1.165) is 10.3 Å². The molecule has 2 N–H and O–H groups in total. The highest BCUT2D eigenvalue weighted by Gasteiger charge is 2.10. The van der Waals surface area contributed by atoms with E-state index in [1.165, 1.54) is 10.9 Å². The van der Waals surface area contributed by atoms with Crippen LogP contribution >= 0.6 is 0 Å². The molecule has 1 aromatic rings. The first-order valence-corrected chi connectivity index (χ1v) is 5.82. The van der Waals surface area contributed by atoms with Crippen molar-refractivity contribution in [2.24, 2.45) is 5.73 Å². The Hall–Kier alpha value is -2.28. The van der Waals surface area contributed by atoms with Crippen LogP contribution in [0.25, 0.3) is 0 Å². The molecular formula is C13H16F2N4O. The van der Waals surface area contributed by atoms with Crippen LogP contribution in [0.3, 0.4) is 0 Å². The molecule has 0 atom stereocenters. The highest BCUT2D eigenvalue weighted by molar-refractivity contribution is 5.20. The van der Waals surface area contributed by atoms with Crippen molar-refractivity contribution in [2.45, 2.75) is 13.1 Å². The van der Waals surface area contributed by atoms with Gasteiger partial charge in [-0.25, -0.2) is 9.48 Å². The molecule has 0 fully saturated rings. The minimum absolute atomic E-state index is 0.244. The second-order valence-electron chi connectivity index (χ2n) is 3.95. The molecule has 1 aromatic heterocycles. The zero-order valence-electron chi connectivity index (χ0n) is 10.9. The monoisotopic (exact) mass is 282 g/mol. The number of hydrogen-bond donors (Lipinski definition) is 1. The number of rotatable bonds is 7. The molecule has 5 nitrogen and oxygen atoms in total. The third-order valence-electron chi connectivity index (χ3n) is 2.60. The Labute approximate surface area is 115 Å². The molecule has 20 heavy (non-hydrogen) atoms. The first-order valence-electron chi connectivity index (χ1n) is 5.82. The number of allylic oxidation sites excluding steroid dienone is 4. The van der Waals surface area contributed by atoms with E-state index >= 15 is 0 Å². The van der Waals surface area contributed by atoms with E-state index in [1.807, 2.05) is 0 Å². The van der Waals surface area contributed by atoms with Gasteiger partial charge in [0.15, 0.2) is 0 Å². The largest absolute Gasteiger partial charge is 0.346 e. The number of hydrogen-bond acceptors (Lipinski definition) is 3. The van der Waals surface area contributed by atoms with Crippen LogP contribution in [0.15, 0.2) is 59.7 Å². The van der Waals surface area contributed by atoms with Crippen molar-refractivity contribution in [1.82, 2.24) is 14.3 Å². The first-order chi connectivity index (χ1) is 9.53. The van der Waals surface area contributed by atoms with Gasteiger partial charge in [0, 0.05) is 12.1 Å². The van der Waals surface area contributed by atoms with Gasteiger partial charge in [-0.1, -0.05) is 31.4 Å². The molecule has 0 saturated carbocycles. The molecule has 0 radical (unpaired) electrons. The second kappa shape index (κ2) is 7.34. The lowest BCUT2D eigenvalue weighted by molar-refractivity contribution is 0.400. The second-order valence-corrected chi connectivity index (χ2v) is 3.95. The first kappa shape index (κ1) is 15.8. The molecule has 1 rings (SSSR count).